The molecule has 0 unspecified atom stereocenters. The molecule has 0 saturated heterocycles. The predicted octanol–water partition coefficient (Wildman–Crippen LogP) is 5.33. The minimum Gasteiger partial charge on any atom is -0.449 e. The van der Waals surface area contributed by atoms with Gasteiger partial charge in [0.25, 0.3) is 0 Å². The first-order valence-corrected chi connectivity index (χ1v) is 12.6. The van der Waals surface area contributed by atoms with Crippen molar-refractivity contribution in [2.24, 2.45) is 10.7 Å². The number of benzene rings is 1. The molecular weight excluding hydrogens is 420 g/mol. The lowest BCUT2D eigenvalue weighted by Crippen LogP contribution is -2.44. The molecule has 0 radical (unpaired) electrons. The highest BCUT2D eigenvalue weighted by atomic mass is 32.1. The molecule has 1 fully saturated rings. The van der Waals surface area contributed by atoms with E-state index in [0.29, 0.717) is 18.5 Å². The number of rotatable bonds is 7. The van der Waals surface area contributed by atoms with Gasteiger partial charge in [-0.15, -0.1) is 11.3 Å². The monoisotopic (exact) mass is 454 g/mol. The van der Waals surface area contributed by atoms with Gasteiger partial charge >= 0.3 is 6.09 Å². The number of fused-ring (bicyclic) bond motifs is 1. The van der Waals surface area contributed by atoms with E-state index in [-0.39, 0.29) is 12.1 Å². The van der Waals surface area contributed by atoms with Crippen molar-refractivity contribution in [1.82, 2.24) is 4.90 Å². The Balaban J connectivity index is 1.34. The number of hydrogen-bond acceptors (Lipinski definition) is 5. The standard InChI is InChI=1S/C25H34N4O2S/c1-3-4-15-31-25(30)28(2)20-8-10-21(11-9-20)29-14-13-18-17-19(7-12-22(18)29)27-24(26)23-6-5-16-32-23/h5-7,12,16-17,20-21H,3-4,8-11,13-15H2,1-2H3,(H2,26,27). The number of nitrogens with zero attached hydrogens (tertiary/aromatic N) is 3. The van der Waals surface area contributed by atoms with Crippen LogP contribution < -0.4 is 10.6 Å². The van der Waals surface area contributed by atoms with Gasteiger partial charge in [-0.2, -0.15) is 0 Å². The van der Waals surface area contributed by atoms with Crippen molar-refractivity contribution in [2.45, 2.75) is 64.0 Å². The van der Waals surface area contributed by atoms with Crippen molar-refractivity contribution in [1.29, 1.82) is 0 Å². The van der Waals surface area contributed by atoms with Crippen LogP contribution in [0, 0.1) is 0 Å². The van der Waals surface area contributed by atoms with Crippen LogP contribution in [-0.4, -0.2) is 49.1 Å². The Morgan fingerprint density at radius 3 is 2.81 bits per heavy atom. The number of amides is 1. The summed E-state index contributed by atoms with van der Waals surface area (Å²) in [6.07, 6.45) is 7.07. The average Bonchev–Trinajstić information content (AvgIpc) is 3.49. The largest absolute Gasteiger partial charge is 0.449 e. The van der Waals surface area contributed by atoms with Gasteiger partial charge in [-0.1, -0.05) is 19.4 Å². The van der Waals surface area contributed by atoms with Crippen molar-refractivity contribution < 1.29 is 9.53 Å². The zero-order valence-corrected chi connectivity index (χ0v) is 19.9. The lowest BCUT2D eigenvalue weighted by atomic mass is 9.89. The van der Waals surface area contributed by atoms with E-state index in [1.807, 2.05) is 29.5 Å². The summed E-state index contributed by atoms with van der Waals surface area (Å²) < 4.78 is 5.39. The number of hydrogen-bond donors (Lipinski definition) is 1. The smallest absolute Gasteiger partial charge is 0.409 e. The molecular formula is C25H34N4O2S. The zero-order chi connectivity index (χ0) is 22.5. The van der Waals surface area contributed by atoms with Gasteiger partial charge in [0.2, 0.25) is 0 Å². The summed E-state index contributed by atoms with van der Waals surface area (Å²) in [5, 5.41) is 2.01. The molecule has 1 aliphatic heterocycles. The van der Waals surface area contributed by atoms with Crippen LogP contribution in [-0.2, 0) is 11.2 Å². The Labute approximate surface area is 195 Å². The van der Waals surface area contributed by atoms with Gasteiger partial charge in [0.05, 0.1) is 17.2 Å². The number of unbranched alkanes of at least 4 members (excludes halogenated alkanes) is 1. The number of carbonyl (C=O) groups excluding carboxylic acids is 1. The Morgan fingerprint density at radius 2 is 2.09 bits per heavy atom. The Morgan fingerprint density at radius 1 is 1.28 bits per heavy atom. The maximum absolute atomic E-state index is 12.3. The fraction of sp³-hybridized carbons (Fsp3) is 0.520. The SMILES string of the molecule is CCCCOC(=O)N(C)C1CCC(N2CCc3cc(N=C(N)c4cccs4)ccc32)CC1. The first-order chi connectivity index (χ1) is 15.6. The summed E-state index contributed by atoms with van der Waals surface area (Å²) in [7, 11) is 1.88. The molecule has 172 valence electrons. The van der Waals surface area contributed by atoms with Crippen LogP contribution in [0.5, 0.6) is 0 Å². The third-order valence-electron chi connectivity index (χ3n) is 6.68. The Bertz CT molecular complexity index is 935. The molecule has 4 rings (SSSR count). The Hall–Kier alpha value is -2.54. The zero-order valence-electron chi connectivity index (χ0n) is 19.1. The highest BCUT2D eigenvalue weighted by molar-refractivity contribution is 7.12. The van der Waals surface area contributed by atoms with E-state index in [1.165, 1.54) is 11.3 Å². The van der Waals surface area contributed by atoms with Gasteiger partial charge in [-0.25, -0.2) is 9.79 Å². The first-order valence-electron chi connectivity index (χ1n) is 11.7. The molecule has 2 heterocycles. The van der Waals surface area contributed by atoms with E-state index < -0.39 is 0 Å². The van der Waals surface area contributed by atoms with Crippen molar-refractivity contribution >= 4 is 34.6 Å². The van der Waals surface area contributed by atoms with Gasteiger partial charge in [-0.3, -0.25) is 0 Å². The number of carbonyl (C=O) groups is 1. The molecule has 32 heavy (non-hydrogen) atoms. The third-order valence-corrected chi connectivity index (χ3v) is 7.58. The molecule has 2 aliphatic rings. The number of nitrogens with two attached hydrogens (primary N) is 1. The van der Waals surface area contributed by atoms with E-state index in [9.17, 15) is 4.79 Å². The number of aliphatic imine (C=N–C) groups is 1. The number of amidine groups is 1. The highest BCUT2D eigenvalue weighted by Gasteiger charge is 2.32. The topological polar surface area (TPSA) is 71.2 Å². The van der Waals surface area contributed by atoms with Crippen LogP contribution in [0.4, 0.5) is 16.2 Å². The van der Waals surface area contributed by atoms with Crippen molar-refractivity contribution in [3.8, 4) is 0 Å². The van der Waals surface area contributed by atoms with Gasteiger partial charge < -0.3 is 20.3 Å². The molecule has 0 bridgehead atoms. The van der Waals surface area contributed by atoms with E-state index in [4.69, 9.17) is 10.5 Å². The minimum absolute atomic E-state index is 0.177. The number of ether oxygens (including phenoxy) is 1. The maximum atomic E-state index is 12.3. The van der Waals surface area contributed by atoms with Crippen molar-refractivity contribution in [3.63, 3.8) is 0 Å². The lowest BCUT2D eigenvalue weighted by Gasteiger charge is -2.39. The molecule has 1 aliphatic carbocycles. The molecule has 1 aromatic carbocycles. The van der Waals surface area contributed by atoms with Crippen LogP contribution in [0.25, 0.3) is 0 Å². The number of thiophene rings is 1. The quantitative estimate of drug-likeness (QED) is 0.349. The maximum Gasteiger partial charge on any atom is 0.409 e. The fourth-order valence-corrected chi connectivity index (χ4v) is 5.42. The van der Waals surface area contributed by atoms with Gasteiger partial charge in [0, 0.05) is 31.4 Å². The molecule has 7 heteroatoms. The lowest BCUT2D eigenvalue weighted by molar-refractivity contribution is 0.0864. The molecule has 0 atom stereocenters. The minimum atomic E-state index is -0.177. The van der Waals surface area contributed by atoms with Crippen LogP contribution in [0.15, 0.2) is 40.7 Å². The molecule has 1 saturated carbocycles. The molecule has 6 nitrogen and oxygen atoms in total. The van der Waals surface area contributed by atoms with E-state index in [2.05, 4.69) is 35.0 Å². The predicted molar refractivity (Wildman–Crippen MR) is 132 cm³/mol. The molecule has 1 amide bonds. The number of anilines is 1. The normalized spacial score (nSPS) is 20.8. The van der Waals surface area contributed by atoms with Gasteiger partial charge in [-0.05, 0) is 73.7 Å². The third kappa shape index (κ3) is 5.09. The summed E-state index contributed by atoms with van der Waals surface area (Å²) in [5.74, 6) is 0.575. The summed E-state index contributed by atoms with van der Waals surface area (Å²) in [6, 6.07) is 11.3. The van der Waals surface area contributed by atoms with Gasteiger partial charge in [0.15, 0.2) is 0 Å². The second kappa shape index (κ2) is 10.4. The summed E-state index contributed by atoms with van der Waals surface area (Å²) in [5.41, 5.74) is 9.77. The summed E-state index contributed by atoms with van der Waals surface area (Å²) in [6.45, 7) is 3.67. The molecule has 2 N–H and O–H groups in total. The van der Waals surface area contributed by atoms with E-state index in [1.54, 1.807) is 11.3 Å². The summed E-state index contributed by atoms with van der Waals surface area (Å²) >= 11 is 1.61. The molecule has 0 spiro atoms. The van der Waals surface area contributed by atoms with Crippen molar-refractivity contribution in [3.05, 3.63) is 46.2 Å². The first kappa shape index (κ1) is 22.6. The molecule has 2 aromatic rings. The van der Waals surface area contributed by atoms with Crippen LogP contribution in [0.3, 0.4) is 0 Å². The average molecular weight is 455 g/mol. The fourth-order valence-electron chi connectivity index (χ4n) is 4.79. The highest BCUT2D eigenvalue weighted by Crippen LogP contribution is 2.37. The molecule has 1 aromatic heterocycles. The van der Waals surface area contributed by atoms with E-state index in [0.717, 1.165) is 62.1 Å². The second-order valence-corrected chi connectivity index (χ2v) is 9.72. The summed E-state index contributed by atoms with van der Waals surface area (Å²) in [4.78, 5) is 22.3. The van der Waals surface area contributed by atoms with E-state index >= 15 is 0 Å². The van der Waals surface area contributed by atoms with Crippen molar-refractivity contribution in [2.75, 3.05) is 25.1 Å². The second-order valence-electron chi connectivity index (χ2n) is 8.77. The Kier molecular flexibility index (Phi) is 7.35. The van der Waals surface area contributed by atoms with Crippen LogP contribution in [0.2, 0.25) is 0 Å². The van der Waals surface area contributed by atoms with Gasteiger partial charge in [0.1, 0.15) is 5.84 Å². The van der Waals surface area contributed by atoms with Crippen LogP contribution >= 0.6 is 11.3 Å². The van der Waals surface area contributed by atoms with Crippen LogP contribution in [0.1, 0.15) is 55.9 Å².